The molecule has 1 fully saturated rings. The molecule has 2 heterocycles. The first kappa shape index (κ1) is 18.3. The van der Waals surface area contributed by atoms with E-state index < -0.39 is 17.2 Å². The predicted molar refractivity (Wildman–Crippen MR) is 91.8 cm³/mol. The molecule has 1 unspecified atom stereocenters. The summed E-state index contributed by atoms with van der Waals surface area (Å²) in [7, 11) is 0. The van der Waals surface area contributed by atoms with Crippen LogP contribution in [-0.4, -0.2) is 41.4 Å². The second-order valence-corrected chi connectivity index (χ2v) is 6.49. The number of benzene rings is 1. The molecule has 0 aliphatic carbocycles. The van der Waals surface area contributed by atoms with Gasteiger partial charge in [-0.1, -0.05) is 0 Å². The Morgan fingerprint density at radius 1 is 1.42 bits per heavy atom. The molecule has 1 amide bonds. The summed E-state index contributed by atoms with van der Waals surface area (Å²) in [5.74, 6) is -1.62. The largest absolute Gasteiger partial charge is 0.488 e. The van der Waals surface area contributed by atoms with Crippen LogP contribution in [0.1, 0.15) is 19.8 Å². The maximum Gasteiger partial charge on any atom is 0.248 e. The van der Waals surface area contributed by atoms with E-state index in [0.29, 0.717) is 12.8 Å². The number of piperidine rings is 1. The number of rotatable bonds is 6. The molecule has 1 aromatic heterocycles. The third-order valence-electron chi connectivity index (χ3n) is 4.56. The molecule has 1 saturated heterocycles. The molecule has 1 aliphatic heterocycles. The van der Waals surface area contributed by atoms with E-state index in [4.69, 9.17) is 4.74 Å². The highest BCUT2D eigenvalue weighted by Crippen LogP contribution is 2.27. The van der Waals surface area contributed by atoms with Crippen molar-refractivity contribution in [3.8, 4) is 5.75 Å². The minimum absolute atomic E-state index is 0.0452. The number of carbonyl (C=O) groups is 1. The molecule has 2 N–H and O–H groups in total. The molecule has 0 bridgehead atoms. The van der Waals surface area contributed by atoms with E-state index in [0.717, 1.165) is 25.2 Å². The summed E-state index contributed by atoms with van der Waals surface area (Å²) in [5.41, 5.74) is -0.746. The Bertz CT molecular complexity index is 746. The lowest BCUT2D eigenvalue weighted by Crippen LogP contribution is -2.56. The van der Waals surface area contributed by atoms with Gasteiger partial charge in [0.1, 0.15) is 18.0 Å². The average molecular weight is 364 g/mol. The molecule has 2 aromatic rings. The van der Waals surface area contributed by atoms with Crippen molar-refractivity contribution in [2.45, 2.75) is 31.3 Å². The van der Waals surface area contributed by atoms with Crippen LogP contribution >= 0.6 is 0 Å². The molecule has 3 rings (SSSR count). The summed E-state index contributed by atoms with van der Waals surface area (Å²) in [5, 5.41) is 10.4. The van der Waals surface area contributed by atoms with E-state index in [1.165, 1.54) is 6.07 Å². The Morgan fingerprint density at radius 3 is 2.85 bits per heavy atom. The molecular weight excluding hydrogens is 342 g/mol. The predicted octanol–water partition coefficient (Wildman–Crippen LogP) is 1.82. The minimum atomic E-state index is -0.769. The highest BCUT2D eigenvalue weighted by Gasteiger charge is 2.42. The molecule has 140 valence electrons. The lowest BCUT2D eigenvalue weighted by molar-refractivity contribution is -0.132. The molecule has 0 saturated carbocycles. The van der Waals surface area contributed by atoms with E-state index >= 15 is 0 Å². The van der Waals surface area contributed by atoms with Gasteiger partial charge in [-0.15, -0.1) is 0 Å². The quantitative estimate of drug-likeness (QED) is 0.821. The summed E-state index contributed by atoms with van der Waals surface area (Å²) in [6, 6.07) is 4.57. The van der Waals surface area contributed by atoms with Crippen molar-refractivity contribution in [1.82, 2.24) is 20.4 Å². The second kappa shape index (κ2) is 7.82. The van der Waals surface area contributed by atoms with Crippen LogP contribution in [0.2, 0.25) is 0 Å². The van der Waals surface area contributed by atoms with Crippen molar-refractivity contribution in [1.29, 1.82) is 0 Å². The number of carbonyl (C=O) groups excluding carboxylic acids is 1. The highest BCUT2D eigenvalue weighted by atomic mass is 19.1. The maximum atomic E-state index is 13.6. The standard InChI is InChI=1S/C18H22F2N4O2/c1-13(12-26-16-4-3-14(19)11-15(16)20)23-17(25)18(5-8-21-9-6-18)24-10-2-7-22-24/h2-4,7,10-11,13,21H,5-6,8-9,12H2,1H3,(H,23,25). The topological polar surface area (TPSA) is 68.2 Å². The molecule has 6 nitrogen and oxygen atoms in total. The SMILES string of the molecule is CC(COc1ccc(F)cc1F)NC(=O)C1(n2cccn2)CCNCC1. The second-order valence-electron chi connectivity index (χ2n) is 6.49. The van der Waals surface area contributed by atoms with Crippen LogP contribution in [0, 0.1) is 11.6 Å². The number of nitrogens with zero attached hydrogens (tertiary/aromatic N) is 2. The Hall–Kier alpha value is -2.48. The average Bonchev–Trinajstić information content (AvgIpc) is 3.16. The first-order valence-corrected chi connectivity index (χ1v) is 8.61. The number of amides is 1. The third-order valence-corrected chi connectivity index (χ3v) is 4.56. The molecular formula is C18H22F2N4O2. The van der Waals surface area contributed by atoms with Gasteiger partial charge in [0.2, 0.25) is 5.91 Å². The van der Waals surface area contributed by atoms with Gasteiger partial charge >= 0.3 is 0 Å². The van der Waals surface area contributed by atoms with Gasteiger partial charge in [0.15, 0.2) is 11.6 Å². The first-order valence-electron chi connectivity index (χ1n) is 8.61. The Morgan fingerprint density at radius 2 is 2.19 bits per heavy atom. The number of hydrogen-bond donors (Lipinski definition) is 2. The van der Waals surface area contributed by atoms with Crippen molar-refractivity contribution in [2.75, 3.05) is 19.7 Å². The zero-order valence-corrected chi connectivity index (χ0v) is 14.5. The van der Waals surface area contributed by atoms with Gasteiger partial charge in [-0.25, -0.2) is 8.78 Å². The van der Waals surface area contributed by atoms with Crippen LogP contribution in [0.4, 0.5) is 8.78 Å². The zero-order chi connectivity index (χ0) is 18.6. The van der Waals surface area contributed by atoms with Crippen LogP contribution < -0.4 is 15.4 Å². The minimum Gasteiger partial charge on any atom is -0.488 e. The van der Waals surface area contributed by atoms with E-state index in [1.54, 1.807) is 30.1 Å². The lowest BCUT2D eigenvalue weighted by atomic mass is 9.87. The van der Waals surface area contributed by atoms with Crippen molar-refractivity contribution < 1.29 is 18.3 Å². The number of nitrogens with one attached hydrogen (secondary N) is 2. The Labute approximate surface area is 150 Å². The van der Waals surface area contributed by atoms with Crippen LogP contribution in [0.15, 0.2) is 36.7 Å². The van der Waals surface area contributed by atoms with Gasteiger partial charge in [0.25, 0.3) is 0 Å². The van der Waals surface area contributed by atoms with Crippen molar-refractivity contribution >= 4 is 5.91 Å². The van der Waals surface area contributed by atoms with Gasteiger partial charge in [0.05, 0.1) is 6.04 Å². The van der Waals surface area contributed by atoms with Crippen LogP contribution in [0.5, 0.6) is 5.75 Å². The summed E-state index contributed by atoms with van der Waals surface area (Å²) in [6.45, 7) is 3.29. The lowest BCUT2D eigenvalue weighted by Gasteiger charge is -2.37. The van der Waals surface area contributed by atoms with Crippen molar-refractivity contribution in [3.05, 3.63) is 48.3 Å². The summed E-state index contributed by atoms with van der Waals surface area (Å²) in [6.07, 6.45) is 4.70. The van der Waals surface area contributed by atoms with Gasteiger partial charge < -0.3 is 15.4 Å². The fraction of sp³-hybridized carbons (Fsp3) is 0.444. The van der Waals surface area contributed by atoms with E-state index in [-0.39, 0.29) is 24.3 Å². The van der Waals surface area contributed by atoms with Crippen LogP contribution in [-0.2, 0) is 10.3 Å². The normalized spacial score (nSPS) is 17.5. The summed E-state index contributed by atoms with van der Waals surface area (Å²) < 4.78 is 33.6. The smallest absolute Gasteiger partial charge is 0.248 e. The monoisotopic (exact) mass is 364 g/mol. The van der Waals surface area contributed by atoms with Gasteiger partial charge in [-0.3, -0.25) is 9.48 Å². The van der Waals surface area contributed by atoms with E-state index in [9.17, 15) is 13.6 Å². The van der Waals surface area contributed by atoms with E-state index in [1.807, 2.05) is 0 Å². The number of halogens is 2. The number of hydrogen-bond acceptors (Lipinski definition) is 4. The Balaban J connectivity index is 1.63. The summed E-state index contributed by atoms with van der Waals surface area (Å²) >= 11 is 0. The van der Waals surface area contributed by atoms with Crippen molar-refractivity contribution in [3.63, 3.8) is 0 Å². The molecule has 1 aromatic carbocycles. The fourth-order valence-corrected chi connectivity index (χ4v) is 3.13. The number of aromatic nitrogens is 2. The third kappa shape index (κ3) is 3.85. The molecule has 1 atom stereocenters. The molecule has 0 radical (unpaired) electrons. The van der Waals surface area contributed by atoms with E-state index in [2.05, 4.69) is 15.7 Å². The zero-order valence-electron chi connectivity index (χ0n) is 14.5. The van der Waals surface area contributed by atoms with Crippen LogP contribution in [0.25, 0.3) is 0 Å². The molecule has 26 heavy (non-hydrogen) atoms. The first-order chi connectivity index (χ1) is 12.5. The van der Waals surface area contributed by atoms with Crippen molar-refractivity contribution in [2.24, 2.45) is 0 Å². The van der Waals surface area contributed by atoms with Gasteiger partial charge in [-0.2, -0.15) is 5.10 Å². The maximum absolute atomic E-state index is 13.6. The fourth-order valence-electron chi connectivity index (χ4n) is 3.13. The molecule has 1 aliphatic rings. The summed E-state index contributed by atoms with van der Waals surface area (Å²) in [4.78, 5) is 13.0. The number of ether oxygens (including phenoxy) is 1. The molecule has 8 heteroatoms. The van der Waals surface area contributed by atoms with Gasteiger partial charge in [0, 0.05) is 18.5 Å². The highest BCUT2D eigenvalue weighted by molar-refractivity contribution is 5.84. The van der Waals surface area contributed by atoms with Crippen LogP contribution in [0.3, 0.4) is 0 Å². The van der Waals surface area contributed by atoms with Gasteiger partial charge in [-0.05, 0) is 51.1 Å². The molecule has 0 spiro atoms. The Kier molecular flexibility index (Phi) is 5.51.